The lowest BCUT2D eigenvalue weighted by atomic mass is 10.0. The number of halogens is 1. The van der Waals surface area contributed by atoms with Crippen LogP contribution < -0.4 is 0 Å². The van der Waals surface area contributed by atoms with Crippen molar-refractivity contribution in [3.63, 3.8) is 0 Å². The molecule has 2 rings (SSSR count). The summed E-state index contributed by atoms with van der Waals surface area (Å²) < 4.78 is 14.0. The molecule has 18 heavy (non-hydrogen) atoms. The smallest absolute Gasteiger partial charge is 0.131 e. The van der Waals surface area contributed by atoms with E-state index in [2.05, 4.69) is 6.92 Å². The van der Waals surface area contributed by atoms with Crippen LogP contribution in [0.5, 0.6) is 0 Å². The molecule has 92 valence electrons. The molecule has 2 heteroatoms. The molecule has 2 aromatic rings. The molecule has 0 spiro atoms. The van der Waals surface area contributed by atoms with Crippen LogP contribution in [0.4, 0.5) is 4.39 Å². The topological polar surface area (TPSA) is 23.9 Å². The molecule has 0 radical (unpaired) electrons. The van der Waals surface area contributed by atoms with Crippen molar-refractivity contribution in [2.75, 3.05) is 0 Å². The first-order valence-corrected chi connectivity index (χ1v) is 6.14. The van der Waals surface area contributed by atoms with Gasteiger partial charge in [-0.25, -0.2) is 4.39 Å². The van der Waals surface area contributed by atoms with Gasteiger partial charge in [-0.3, -0.25) is 0 Å². The second-order valence-corrected chi connectivity index (χ2v) is 4.33. The zero-order chi connectivity index (χ0) is 13.0. The van der Waals surface area contributed by atoms with Crippen LogP contribution in [-0.4, -0.2) is 6.21 Å². The van der Waals surface area contributed by atoms with Gasteiger partial charge in [0, 0.05) is 11.8 Å². The molecule has 1 nitrogen and oxygen atoms in total. The van der Waals surface area contributed by atoms with Gasteiger partial charge in [-0.15, -0.1) is 0 Å². The summed E-state index contributed by atoms with van der Waals surface area (Å²) in [6.45, 7) is 2.09. The standard InChI is InChI=1S/C16H16FN/c1-2-3-12-6-9-15(16(17)10-12)14-7-4-13(11-18)5-8-14/h4-11,18H,2-3H2,1H3. The number of hydrogen-bond acceptors (Lipinski definition) is 1. The summed E-state index contributed by atoms with van der Waals surface area (Å²) in [5, 5.41) is 7.14. The molecule has 0 saturated heterocycles. The fourth-order valence-corrected chi connectivity index (χ4v) is 2.00. The molecule has 2 aromatic carbocycles. The molecule has 0 unspecified atom stereocenters. The summed E-state index contributed by atoms with van der Waals surface area (Å²) >= 11 is 0. The van der Waals surface area contributed by atoms with Crippen LogP contribution in [0.3, 0.4) is 0 Å². The highest BCUT2D eigenvalue weighted by Crippen LogP contribution is 2.24. The monoisotopic (exact) mass is 241 g/mol. The van der Waals surface area contributed by atoms with E-state index < -0.39 is 0 Å². The summed E-state index contributed by atoms with van der Waals surface area (Å²) in [6, 6.07) is 12.8. The van der Waals surface area contributed by atoms with Crippen LogP contribution >= 0.6 is 0 Å². The van der Waals surface area contributed by atoms with Gasteiger partial charge in [-0.05, 0) is 29.2 Å². The van der Waals surface area contributed by atoms with E-state index in [0.29, 0.717) is 5.56 Å². The lowest BCUT2D eigenvalue weighted by molar-refractivity contribution is 0.628. The highest BCUT2D eigenvalue weighted by atomic mass is 19.1. The van der Waals surface area contributed by atoms with Crippen LogP contribution in [0.15, 0.2) is 42.5 Å². The molecular formula is C16H16FN. The minimum atomic E-state index is -0.177. The van der Waals surface area contributed by atoms with Crippen LogP contribution in [0.2, 0.25) is 0 Å². The Hall–Kier alpha value is -1.96. The molecule has 1 N–H and O–H groups in total. The third-order valence-corrected chi connectivity index (χ3v) is 2.96. The molecule has 0 atom stereocenters. The summed E-state index contributed by atoms with van der Waals surface area (Å²) in [6.07, 6.45) is 3.21. The van der Waals surface area contributed by atoms with Crippen molar-refractivity contribution < 1.29 is 4.39 Å². The minimum Gasteiger partial charge on any atom is -0.308 e. The van der Waals surface area contributed by atoms with Crippen molar-refractivity contribution in [2.45, 2.75) is 19.8 Å². The molecule has 0 heterocycles. The predicted molar refractivity (Wildman–Crippen MR) is 73.7 cm³/mol. The highest BCUT2D eigenvalue weighted by Gasteiger charge is 2.05. The number of hydrogen-bond donors (Lipinski definition) is 1. The number of rotatable bonds is 4. The molecule has 0 aliphatic carbocycles. The van der Waals surface area contributed by atoms with E-state index >= 15 is 0 Å². The normalized spacial score (nSPS) is 10.3. The molecule has 0 aliphatic rings. The maximum atomic E-state index is 14.0. The van der Waals surface area contributed by atoms with Crippen molar-refractivity contribution in [1.82, 2.24) is 0 Å². The first kappa shape index (κ1) is 12.5. The maximum Gasteiger partial charge on any atom is 0.131 e. The fraction of sp³-hybridized carbons (Fsp3) is 0.188. The van der Waals surface area contributed by atoms with Crippen LogP contribution in [0.25, 0.3) is 11.1 Å². The Morgan fingerprint density at radius 3 is 2.39 bits per heavy atom. The lowest BCUT2D eigenvalue weighted by Crippen LogP contribution is -1.89. The van der Waals surface area contributed by atoms with Crippen molar-refractivity contribution in [3.05, 3.63) is 59.4 Å². The average molecular weight is 241 g/mol. The zero-order valence-electron chi connectivity index (χ0n) is 10.4. The van der Waals surface area contributed by atoms with E-state index in [1.807, 2.05) is 36.4 Å². The number of benzene rings is 2. The van der Waals surface area contributed by atoms with E-state index in [-0.39, 0.29) is 5.82 Å². The molecule has 0 bridgehead atoms. The molecule has 0 aromatic heterocycles. The highest BCUT2D eigenvalue weighted by molar-refractivity contribution is 5.78. The van der Waals surface area contributed by atoms with E-state index in [0.717, 1.165) is 29.5 Å². The Bertz CT molecular complexity index is 544. The fourth-order valence-electron chi connectivity index (χ4n) is 2.00. The Morgan fingerprint density at radius 1 is 1.11 bits per heavy atom. The second-order valence-electron chi connectivity index (χ2n) is 4.33. The number of aryl methyl sites for hydroxylation is 1. The van der Waals surface area contributed by atoms with Gasteiger partial charge in [0.1, 0.15) is 5.82 Å². The maximum absolute atomic E-state index is 14.0. The lowest BCUT2D eigenvalue weighted by Gasteiger charge is -2.06. The van der Waals surface area contributed by atoms with Gasteiger partial charge in [0.2, 0.25) is 0 Å². The van der Waals surface area contributed by atoms with Crippen LogP contribution in [0, 0.1) is 11.2 Å². The Balaban J connectivity index is 2.34. The van der Waals surface area contributed by atoms with Gasteiger partial charge in [0.25, 0.3) is 0 Å². The molecular weight excluding hydrogens is 225 g/mol. The van der Waals surface area contributed by atoms with Crippen molar-refractivity contribution in [3.8, 4) is 11.1 Å². The van der Waals surface area contributed by atoms with Gasteiger partial charge in [0.05, 0.1) is 0 Å². The first-order valence-electron chi connectivity index (χ1n) is 6.14. The number of nitrogens with one attached hydrogen (secondary N) is 1. The van der Waals surface area contributed by atoms with E-state index in [1.54, 1.807) is 6.07 Å². The molecule has 0 amide bonds. The second kappa shape index (κ2) is 5.58. The van der Waals surface area contributed by atoms with Gasteiger partial charge in [-0.2, -0.15) is 0 Å². The van der Waals surface area contributed by atoms with E-state index in [9.17, 15) is 4.39 Å². The van der Waals surface area contributed by atoms with E-state index in [1.165, 1.54) is 6.21 Å². The Labute approximate surface area is 107 Å². The summed E-state index contributed by atoms with van der Waals surface area (Å²) in [5.74, 6) is -0.177. The molecule has 0 fully saturated rings. The van der Waals surface area contributed by atoms with Crippen LogP contribution in [-0.2, 0) is 6.42 Å². The SMILES string of the molecule is CCCc1ccc(-c2ccc(C=N)cc2)c(F)c1. The van der Waals surface area contributed by atoms with Gasteiger partial charge < -0.3 is 5.41 Å². The average Bonchev–Trinajstić information content (AvgIpc) is 2.40. The third-order valence-electron chi connectivity index (χ3n) is 2.96. The minimum absolute atomic E-state index is 0.177. The van der Waals surface area contributed by atoms with Gasteiger partial charge in [0.15, 0.2) is 0 Å². The van der Waals surface area contributed by atoms with E-state index in [4.69, 9.17) is 5.41 Å². The third kappa shape index (κ3) is 2.65. The van der Waals surface area contributed by atoms with Gasteiger partial charge >= 0.3 is 0 Å². The zero-order valence-corrected chi connectivity index (χ0v) is 10.4. The quantitative estimate of drug-likeness (QED) is 0.765. The molecule has 0 aliphatic heterocycles. The van der Waals surface area contributed by atoms with Crippen molar-refractivity contribution in [1.29, 1.82) is 5.41 Å². The van der Waals surface area contributed by atoms with Gasteiger partial charge in [-0.1, -0.05) is 49.7 Å². The predicted octanol–water partition coefficient (Wildman–Crippen LogP) is 4.44. The van der Waals surface area contributed by atoms with Crippen LogP contribution in [0.1, 0.15) is 24.5 Å². The first-order chi connectivity index (χ1) is 8.74. The summed E-state index contributed by atoms with van der Waals surface area (Å²) in [4.78, 5) is 0. The summed E-state index contributed by atoms with van der Waals surface area (Å²) in [7, 11) is 0. The van der Waals surface area contributed by atoms with Crippen molar-refractivity contribution in [2.24, 2.45) is 0 Å². The largest absolute Gasteiger partial charge is 0.308 e. The summed E-state index contributed by atoms with van der Waals surface area (Å²) in [5.41, 5.74) is 3.32. The molecule has 0 saturated carbocycles. The Kier molecular flexibility index (Phi) is 3.88. The Morgan fingerprint density at radius 2 is 1.83 bits per heavy atom. The van der Waals surface area contributed by atoms with Crippen molar-refractivity contribution >= 4 is 6.21 Å².